The lowest BCUT2D eigenvalue weighted by atomic mass is 9.54. The molecule has 3 aliphatic heterocycles. The van der Waals surface area contributed by atoms with E-state index in [0.717, 1.165) is 59.2 Å². The normalized spacial score (nSPS) is 53.2. The van der Waals surface area contributed by atoms with Gasteiger partial charge in [-0.15, -0.1) is 0 Å². The first kappa shape index (κ1) is 32.5. The quantitative estimate of drug-likeness (QED) is 0.281. The van der Waals surface area contributed by atoms with Gasteiger partial charge in [0.25, 0.3) is 0 Å². The Morgan fingerprint density at radius 2 is 0.854 bits per heavy atom. The van der Waals surface area contributed by atoms with E-state index in [1.807, 2.05) is 0 Å². The molecule has 10 fully saturated rings. The van der Waals surface area contributed by atoms with Crippen molar-refractivity contribution >= 4 is 0 Å². The summed E-state index contributed by atoms with van der Waals surface area (Å²) >= 11 is 0. The molecule has 5 heteroatoms. The second kappa shape index (κ2) is 14.0. The molecule has 3 N–H and O–H groups in total. The monoisotopic (exact) mass is 662 g/mol. The highest BCUT2D eigenvalue weighted by molar-refractivity contribution is 5.07. The molecular formula is C43H71N3O2. The Kier molecular flexibility index (Phi) is 9.45. The number of nitrogens with one attached hydrogen (secondary N) is 3. The van der Waals surface area contributed by atoms with Crippen molar-refractivity contribution in [2.24, 2.45) is 65.1 Å². The first-order valence-corrected chi connectivity index (χ1v) is 22.4. The van der Waals surface area contributed by atoms with Gasteiger partial charge in [-0.2, -0.15) is 0 Å². The Bertz CT molecular complexity index is 1090. The number of rotatable bonds is 4. The van der Waals surface area contributed by atoms with Gasteiger partial charge in [-0.05, 0) is 149 Å². The van der Waals surface area contributed by atoms with Crippen molar-refractivity contribution in [1.82, 2.24) is 16.0 Å². The Balaban J connectivity index is 0.860. The zero-order valence-electron chi connectivity index (χ0n) is 30.4. The molecule has 3 saturated heterocycles. The van der Waals surface area contributed by atoms with E-state index in [-0.39, 0.29) is 0 Å². The van der Waals surface area contributed by atoms with E-state index >= 15 is 0 Å². The molecule has 0 spiro atoms. The third-order valence-electron chi connectivity index (χ3n) is 17.5. The van der Waals surface area contributed by atoms with Crippen molar-refractivity contribution in [3.8, 4) is 0 Å². The molecule has 5 nitrogen and oxygen atoms in total. The van der Waals surface area contributed by atoms with Gasteiger partial charge in [-0.1, -0.05) is 77.0 Å². The fourth-order valence-corrected chi connectivity index (χ4v) is 15.3. The highest BCUT2D eigenvalue weighted by atomic mass is 16.5. The van der Waals surface area contributed by atoms with Crippen molar-refractivity contribution in [2.45, 2.75) is 203 Å². The van der Waals surface area contributed by atoms with E-state index in [0.29, 0.717) is 48.8 Å². The van der Waals surface area contributed by atoms with E-state index in [4.69, 9.17) is 9.47 Å². The van der Waals surface area contributed by atoms with Crippen LogP contribution in [0.1, 0.15) is 161 Å². The molecule has 48 heavy (non-hydrogen) atoms. The summed E-state index contributed by atoms with van der Waals surface area (Å²) in [4.78, 5) is 0. The molecule has 7 aliphatic carbocycles. The molecule has 10 rings (SSSR count). The van der Waals surface area contributed by atoms with Crippen molar-refractivity contribution < 1.29 is 9.47 Å². The first-order chi connectivity index (χ1) is 23.8. The van der Waals surface area contributed by atoms with Gasteiger partial charge in [0.2, 0.25) is 0 Å². The van der Waals surface area contributed by atoms with Crippen LogP contribution in [0.15, 0.2) is 0 Å². The van der Waals surface area contributed by atoms with Crippen LogP contribution in [0.25, 0.3) is 0 Å². The van der Waals surface area contributed by atoms with Crippen LogP contribution in [0, 0.1) is 65.1 Å². The molecule has 16 unspecified atom stereocenters. The van der Waals surface area contributed by atoms with Gasteiger partial charge >= 0.3 is 0 Å². The first-order valence-electron chi connectivity index (χ1n) is 22.4. The van der Waals surface area contributed by atoms with Crippen LogP contribution in [0.3, 0.4) is 0 Å². The molecular weight excluding hydrogens is 590 g/mol. The van der Waals surface area contributed by atoms with E-state index < -0.39 is 0 Å². The summed E-state index contributed by atoms with van der Waals surface area (Å²) in [5.41, 5.74) is 0. The van der Waals surface area contributed by atoms with Gasteiger partial charge in [-0.25, -0.2) is 0 Å². The molecule has 0 aromatic heterocycles. The van der Waals surface area contributed by atoms with Crippen molar-refractivity contribution in [2.75, 3.05) is 0 Å². The SMILES string of the molecule is C1CCC(C2NC(C3CCC4C(C3)OC3CCCCC34)NC(C3CCC4OC5C(CC(C6CCCCC6)C6CCCCC65)C4C3)N2)CC1. The summed E-state index contributed by atoms with van der Waals surface area (Å²) < 4.78 is 14.1. The zero-order chi connectivity index (χ0) is 31.6. The van der Waals surface area contributed by atoms with Gasteiger partial charge in [0.15, 0.2) is 0 Å². The Morgan fingerprint density at radius 3 is 1.62 bits per heavy atom. The van der Waals surface area contributed by atoms with Gasteiger partial charge in [0.05, 0.1) is 42.9 Å². The summed E-state index contributed by atoms with van der Waals surface area (Å²) in [7, 11) is 0. The third kappa shape index (κ3) is 6.00. The van der Waals surface area contributed by atoms with E-state index in [1.54, 1.807) is 0 Å². The molecule has 0 amide bonds. The molecule has 10 aliphatic rings. The van der Waals surface area contributed by atoms with Crippen LogP contribution in [-0.4, -0.2) is 42.9 Å². The Hall–Kier alpha value is -0.200. The minimum absolute atomic E-state index is 0.439. The lowest BCUT2D eigenvalue weighted by Crippen LogP contribution is -2.73. The fraction of sp³-hybridized carbons (Fsp3) is 1.00. The van der Waals surface area contributed by atoms with Crippen LogP contribution in [0.2, 0.25) is 0 Å². The molecule has 0 aromatic rings. The summed E-state index contributed by atoms with van der Waals surface area (Å²) in [6.45, 7) is 0. The fourth-order valence-electron chi connectivity index (χ4n) is 15.3. The molecule has 7 saturated carbocycles. The lowest BCUT2D eigenvalue weighted by molar-refractivity contribution is -0.0861. The Morgan fingerprint density at radius 1 is 0.292 bits per heavy atom. The minimum Gasteiger partial charge on any atom is -0.374 e. The molecule has 270 valence electrons. The zero-order valence-corrected chi connectivity index (χ0v) is 30.4. The number of fused-ring (bicyclic) bond motifs is 8. The summed E-state index contributed by atoms with van der Waals surface area (Å²) in [6, 6.07) is 0. The average Bonchev–Trinajstić information content (AvgIpc) is 3.73. The molecule has 0 radical (unpaired) electrons. The second-order valence-corrected chi connectivity index (χ2v) is 19.7. The number of hydrogen-bond donors (Lipinski definition) is 3. The van der Waals surface area contributed by atoms with Gasteiger partial charge in [-0.3, -0.25) is 16.0 Å². The molecule has 0 bridgehead atoms. The highest BCUT2D eigenvalue weighted by Gasteiger charge is 2.57. The minimum atomic E-state index is 0.439. The number of ether oxygens (including phenoxy) is 2. The maximum atomic E-state index is 7.26. The van der Waals surface area contributed by atoms with Crippen LogP contribution >= 0.6 is 0 Å². The van der Waals surface area contributed by atoms with E-state index in [1.165, 1.54) is 161 Å². The molecule has 3 heterocycles. The standard InChI is InChI=1S/C43H71N3O2/c1-3-11-26(12-4-1)34-25-36-35-23-28(20-22-38(35)48-40(36)33-17-8-7-15-30(33)34)42-44-41(27-13-5-2-6-14-27)45-43(46-42)29-19-21-32-31-16-9-10-18-37(31)47-39(32)24-29/h26-46H,1-25H2. The average molecular weight is 662 g/mol. The smallest absolute Gasteiger partial charge is 0.0641 e. The summed E-state index contributed by atoms with van der Waals surface area (Å²) in [5.74, 6) is 9.48. The third-order valence-corrected chi connectivity index (χ3v) is 17.5. The van der Waals surface area contributed by atoms with Crippen LogP contribution in [0.5, 0.6) is 0 Å². The van der Waals surface area contributed by atoms with Crippen LogP contribution in [0.4, 0.5) is 0 Å². The second-order valence-electron chi connectivity index (χ2n) is 19.7. The largest absolute Gasteiger partial charge is 0.374 e. The number of hydrogen-bond acceptors (Lipinski definition) is 5. The lowest BCUT2D eigenvalue weighted by Gasteiger charge is -2.52. The van der Waals surface area contributed by atoms with Crippen molar-refractivity contribution in [1.29, 1.82) is 0 Å². The predicted octanol–water partition coefficient (Wildman–Crippen LogP) is 8.91. The summed E-state index contributed by atoms with van der Waals surface area (Å²) in [5, 5.41) is 12.9. The van der Waals surface area contributed by atoms with Gasteiger partial charge in [0, 0.05) is 0 Å². The topological polar surface area (TPSA) is 54.5 Å². The van der Waals surface area contributed by atoms with E-state index in [9.17, 15) is 0 Å². The van der Waals surface area contributed by atoms with Crippen LogP contribution < -0.4 is 16.0 Å². The van der Waals surface area contributed by atoms with Gasteiger partial charge < -0.3 is 9.47 Å². The maximum absolute atomic E-state index is 7.26. The highest BCUT2D eigenvalue weighted by Crippen LogP contribution is 2.59. The Labute approximate surface area is 293 Å². The predicted molar refractivity (Wildman–Crippen MR) is 192 cm³/mol. The van der Waals surface area contributed by atoms with Crippen molar-refractivity contribution in [3.05, 3.63) is 0 Å². The summed E-state index contributed by atoms with van der Waals surface area (Å²) in [6.07, 6.45) is 39.5. The van der Waals surface area contributed by atoms with E-state index in [2.05, 4.69) is 16.0 Å². The van der Waals surface area contributed by atoms with Crippen LogP contribution in [-0.2, 0) is 9.47 Å². The maximum Gasteiger partial charge on any atom is 0.0641 e. The molecule has 16 atom stereocenters. The molecule has 0 aromatic carbocycles. The van der Waals surface area contributed by atoms with Crippen molar-refractivity contribution in [3.63, 3.8) is 0 Å². The van der Waals surface area contributed by atoms with Gasteiger partial charge in [0.1, 0.15) is 0 Å².